The zero-order chi connectivity index (χ0) is 27.4. The minimum Gasteiger partial charge on any atom is -0.463 e. The molecule has 1 saturated heterocycles. The average molecular weight is 559 g/mol. The van der Waals surface area contributed by atoms with Crippen LogP contribution in [0.3, 0.4) is 0 Å². The van der Waals surface area contributed by atoms with Gasteiger partial charge >= 0.3 is 12.0 Å². The van der Waals surface area contributed by atoms with Crippen molar-refractivity contribution in [2.24, 2.45) is 0 Å². The molecule has 38 heavy (non-hydrogen) atoms. The predicted molar refractivity (Wildman–Crippen MR) is 147 cm³/mol. The summed E-state index contributed by atoms with van der Waals surface area (Å²) in [7, 11) is 0. The third-order valence-corrected chi connectivity index (χ3v) is 7.59. The topological polar surface area (TPSA) is 82.2 Å². The number of nitrogens with one attached hydrogen (secondary N) is 1. The second kappa shape index (κ2) is 12.2. The summed E-state index contributed by atoms with van der Waals surface area (Å²) in [5, 5.41) is 3.82. The first-order valence-electron chi connectivity index (χ1n) is 12.8. The lowest BCUT2D eigenvalue weighted by atomic mass is 9.94. The maximum absolute atomic E-state index is 13.3. The molecule has 3 amide bonds. The number of piperazine rings is 1. The Balaban J connectivity index is 1.64. The highest BCUT2D eigenvalue weighted by Gasteiger charge is 2.40. The Labute approximate surface area is 233 Å². The summed E-state index contributed by atoms with van der Waals surface area (Å²) < 4.78 is 5.45. The highest BCUT2D eigenvalue weighted by molar-refractivity contribution is 6.33. The van der Waals surface area contributed by atoms with E-state index in [0.29, 0.717) is 65.2 Å². The Morgan fingerprint density at radius 1 is 1.03 bits per heavy atom. The maximum atomic E-state index is 13.3. The standard InChI is InChI=1S/C28H32Cl2N4O4/c1-4-33-23(17-32-14-15-34(18(3)16-32)26(35)20-11-7-9-13-22(20)30)24(27(36)38-5-2)25(31-28(33)37)19-10-6-8-12-21(19)29/h6-13,18,25H,4-5,14-17H2,1-3H3,(H,31,37)/t18-,25+/m1/s1. The Kier molecular flexibility index (Phi) is 8.97. The molecule has 8 nitrogen and oxygen atoms in total. The van der Waals surface area contributed by atoms with E-state index in [1.165, 1.54) is 0 Å². The van der Waals surface area contributed by atoms with Crippen LogP contribution < -0.4 is 5.32 Å². The largest absolute Gasteiger partial charge is 0.463 e. The molecule has 1 N–H and O–H groups in total. The van der Waals surface area contributed by atoms with Crippen molar-refractivity contribution in [1.29, 1.82) is 0 Å². The van der Waals surface area contributed by atoms with Crippen LogP contribution in [0.15, 0.2) is 59.8 Å². The van der Waals surface area contributed by atoms with E-state index in [2.05, 4.69) is 10.2 Å². The van der Waals surface area contributed by atoms with E-state index in [1.807, 2.05) is 24.8 Å². The lowest BCUT2D eigenvalue weighted by Crippen LogP contribution is -2.56. The summed E-state index contributed by atoms with van der Waals surface area (Å²) in [6.07, 6.45) is 0. The van der Waals surface area contributed by atoms with Gasteiger partial charge in [0.25, 0.3) is 5.91 Å². The van der Waals surface area contributed by atoms with Gasteiger partial charge in [0, 0.05) is 49.5 Å². The summed E-state index contributed by atoms with van der Waals surface area (Å²) in [5.41, 5.74) is 2.05. The van der Waals surface area contributed by atoms with Crippen molar-refractivity contribution in [2.75, 3.05) is 39.3 Å². The number of amides is 3. The molecule has 2 aromatic carbocycles. The summed E-state index contributed by atoms with van der Waals surface area (Å²) in [6, 6.07) is 13.0. The van der Waals surface area contributed by atoms with Gasteiger partial charge < -0.3 is 15.0 Å². The normalized spacial score (nSPS) is 20.4. The molecule has 2 aliphatic rings. The number of hydrogen-bond acceptors (Lipinski definition) is 5. The van der Waals surface area contributed by atoms with E-state index in [1.54, 1.807) is 54.3 Å². The van der Waals surface area contributed by atoms with Gasteiger partial charge in [-0.3, -0.25) is 14.6 Å². The zero-order valence-electron chi connectivity index (χ0n) is 21.7. The minimum atomic E-state index is -0.742. The smallest absolute Gasteiger partial charge is 0.338 e. The van der Waals surface area contributed by atoms with E-state index in [9.17, 15) is 14.4 Å². The molecular formula is C28H32Cl2N4O4. The molecule has 0 spiro atoms. The van der Waals surface area contributed by atoms with Crippen molar-refractivity contribution in [2.45, 2.75) is 32.9 Å². The second-order valence-corrected chi connectivity index (χ2v) is 10.1. The Hall–Kier alpha value is -3.07. The molecule has 2 atom stereocenters. The molecule has 202 valence electrons. The molecule has 2 aromatic rings. The molecule has 2 heterocycles. The molecule has 0 aromatic heterocycles. The average Bonchev–Trinajstić information content (AvgIpc) is 2.89. The molecule has 0 aliphatic carbocycles. The highest BCUT2D eigenvalue weighted by atomic mass is 35.5. The fourth-order valence-electron chi connectivity index (χ4n) is 5.08. The van der Waals surface area contributed by atoms with Crippen molar-refractivity contribution in [3.05, 3.63) is 81.0 Å². The molecular weight excluding hydrogens is 527 g/mol. The number of carbonyl (C=O) groups excluding carboxylic acids is 3. The number of benzene rings is 2. The number of nitrogens with zero attached hydrogens (tertiary/aromatic N) is 3. The molecule has 0 unspecified atom stereocenters. The van der Waals surface area contributed by atoms with Gasteiger partial charge in [-0.25, -0.2) is 9.59 Å². The van der Waals surface area contributed by atoms with Crippen molar-refractivity contribution in [3.8, 4) is 0 Å². The first-order valence-corrected chi connectivity index (χ1v) is 13.5. The van der Waals surface area contributed by atoms with Crippen LogP contribution >= 0.6 is 23.2 Å². The molecule has 0 radical (unpaired) electrons. The second-order valence-electron chi connectivity index (χ2n) is 9.29. The van der Waals surface area contributed by atoms with Crippen LogP contribution in [0.25, 0.3) is 0 Å². The number of rotatable bonds is 7. The van der Waals surface area contributed by atoms with Crippen LogP contribution in [0.5, 0.6) is 0 Å². The number of esters is 1. The number of ether oxygens (including phenoxy) is 1. The Morgan fingerprint density at radius 2 is 1.71 bits per heavy atom. The molecule has 2 aliphatic heterocycles. The summed E-state index contributed by atoms with van der Waals surface area (Å²) in [6.45, 7) is 8.12. The summed E-state index contributed by atoms with van der Waals surface area (Å²) >= 11 is 12.8. The van der Waals surface area contributed by atoms with Gasteiger partial charge in [0.05, 0.1) is 28.8 Å². The van der Waals surface area contributed by atoms with Crippen LogP contribution in [0.2, 0.25) is 10.0 Å². The van der Waals surface area contributed by atoms with E-state index in [4.69, 9.17) is 27.9 Å². The molecule has 1 fully saturated rings. The monoisotopic (exact) mass is 558 g/mol. The highest BCUT2D eigenvalue weighted by Crippen LogP contribution is 2.35. The van der Waals surface area contributed by atoms with Gasteiger partial charge in [-0.1, -0.05) is 53.5 Å². The van der Waals surface area contributed by atoms with E-state index in [0.717, 1.165) is 0 Å². The van der Waals surface area contributed by atoms with Crippen LogP contribution in [0.1, 0.15) is 42.7 Å². The molecule has 4 rings (SSSR count). The number of hydrogen-bond donors (Lipinski definition) is 1. The molecule has 0 bridgehead atoms. The molecule has 0 saturated carbocycles. The van der Waals surface area contributed by atoms with Crippen LogP contribution in [-0.2, 0) is 9.53 Å². The van der Waals surface area contributed by atoms with Crippen LogP contribution in [-0.4, -0.2) is 78.0 Å². The van der Waals surface area contributed by atoms with E-state index >= 15 is 0 Å². The van der Waals surface area contributed by atoms with E-state index in [-0.39, 0.29) is 24.6 Å². The Bertz CT molecular complexity index is 1250. The van der Waals surface area contributed by atoms with Crippen LogP contribution in [0.4, 0.5) is 4.79 Å². The number of urea groups is 1. The maximum Gasteiger partial charge on any atom is 0.338 e. The van der Waals surface area contributed by atoms with Crippen LogP contribution in [0, 0.1) is 0 Å². The van der Waals surface area contributed by atoms with Gasteiger partial charge in [0.15, 0.2) is 0 Å². The number of carbonyl (C=O) groups is 3. The lowest BCUT2D eigenvalue weighted by molar-refractivity contribution is -0.139. The molecule has 10 heteroatoms. The van der Waals surface area contributed by atoms with Gasteiger partial charge in [0.1, 0.15) is 0 Å². The van der Waals surface area contributed by atoms with Gasteiger partial charge in [-0.2, -0.15) is 0 Å². The fraction of sp³-hybridized carbons (Fsp3) is 0.393. The van der Waals surface area contributed by atoms with Gasteiger partial charge in [-0.15, -0.1) is 0 Å². The SMILES string of the molecule is CCOC(=O)C1=C(CN2CCN(C(=O)c3ccccc3Cl)[C@H](C)C2)N(CC)C(=O)N[C@H]1c1ccccc1Cl. The fourth-order valence-corrected chi connectivity index (χ4v) is 5.54. The zero-order valence-corrected chi connectivity index (χ0v) is 23.3. The Morgan fingerprint density at radius 3 is 2.34 bits per heavy atom. The van der Waals surface area contributed by atoms with Crippen molar-refractivity contribution >= 4 is 41.1 Å². The lowest BCUT2D eigenvalue weighted by Gasteiger charge is -2.43. The third-order valence-electron chi connectivity index (χ3n) is 6.92. The third kappa shape index (κ3) is 5.67. The first kappa shape index (κ1) is 28.0. The van der Waals surface area contributed by atoms with Gasteiger partial charge in [0.2, 0.25) is 0 Å². The number of likely N-dealkylation sites (N-methyl/N-ethyl adjacent to an activating group) is 1. The minimum absolute atomic E-state index is 0.106. The first-order chi connectivity index (χ1) is 18.3. The van der Waals surface area contributed by atoms with Crippen molar-refractivity contribution in [1.82, 2.24) is 20.0 Å². The summed E-state index contributed by atoms with van der Waals surface area (Å²) in [5.74, 6) is -0.605. The van der Waals surface area contributed by atoms with E-state index < -0.39 is 12.0 Å². The quantitative estimate of drug-likeness (QED) is 0.496. The number of halogens is 2. The van der Waals surface area contributed by atoms with Crippen molar-refractivity contribution in [3.63, 3.8) is 0 Å². The summed E-state index contributed by atoms with van der Waals surface area (Å²) in [4.78, 5) is 45.3. The van der Waals surface area contributed by atoms with Gasteiger partial charge in [-0.05, 0) is 44.5 Å². The van der Waals surface area contributed by atoms with Crippen molar-refractivity contribution < 1.29 is 19.1 Å². The predicted octanol–water partition coefficient (Wildman–Crippen LogP) is 4.74.